The predicted molar refractivity (Wildman–Crippen MR) is 85.1 cm³/mol. The number of pyridine rings is 1. The van der Waals surface area contributed by atoms with Gasteiger partial charge >= 0.3 is 6.09 Å². The molecule has 0 saturated carbocycles. The Balaban J connectivity index is 1.93. The zero-order chi connectivity index (χ0) is 16.2. The van der Waals surface area contributed by atoms with Crippen LogP contribution in [0, 0.1) is 11.3 Å². The molecule has 6 nitrogen and oxygen atoms in total. The van der Waals surface area contributed by atoms with Crippen LogP contribution in [0.15, 0.2) is 48.7 Å². The summed E-state index contributed by atoms with van der Waals surface area (Å²) in [6.45, 7) is 1.38. The van der Waals surface area contributed by atoms with Crippen LogP contribution in [0.4, 0.5) is 10.6 Å². The molecule has 1 aliphatic rings. The lowest BCUT2D eigenvalue weighted by atomic mass is 10.0. The number of amides is 1. The molecule has 3 rings (SSSR count). The Hall–Kier alpha value is -3.07. The first-order chi connectivity index (χ1) is 11.2. The highest BCUT2D eigenvalue weighted by molar-refractivity contribution is 5.66. The number of hydrogen-bond donors (Lipinski definition) is 1. The Morgan fingerprint density at radius 1 is 1.22 bits per heavy atom. The van der Waals surface area contributed by atoms with E-state index in [2.05, 4.69) is 16.0 Å². The number of hydrogen-bond acceptors (Lipinski definition) is 4. The summed E-state index contributed by atoms with van der Waals surface area (Å²) in [4.78, 5) is 19.2. The lowest BCUT2D eigenvalue weighted by molar-refractivity contribution is 0.134. The van der Waals surface area contributed by atoms with Gasteiger partial charge in [0.25, 0.3) is 0 Å². The molecule has 1 aliphatic heterocycles. The molecule has 1 saturated heterocycles. The molecule has 6 heteroatoms. The molecule has 2 aromatic rings. The molecule has 1 aromatic heterocycles. The summed E-state index contributed by atoms with van der Waals surface area (Å²) in [6.07, 6.45) is 0.638. The molecule has 0 aliphatic carbocycles. The molecule has 1 amide bonds. The zero-order valence-corrected chi connectivity index (χ0v) is 12.5. The van der Waals surface area contributed by atoms with E-state index in [0.29, 0.717) is 25.2 Å². The molecule has 1 fully saturated rings. The standard InChI is InChI=1S/C17H16N4O2/c18-10-13-6-7-16(19-11-13)21-9-8-20(17(22)23)12-15(21)14-4-2-1-3-5-14/h1-7,11,15H,8-9,12H2,(H,22,23). The second-order valence-corrected chi connectivity index (χ2v) is 5.37. The van der Waals surface area contributed by atoms with Crippen LogP contribution < -0.4 is 4.90 Å². The fourth-order valence-electron chi connectivity index (χ4n) is 2.81. The van der Waals surface area contributed by atoms with Gasteiger partial charge in [0.15, 0.2) is 0 Å². The van der Waals surface area contributed by atoms with E-state index in [-0.39, 0.29) is 6.04 Å². The number of carboxylic acid groups (broad SMARTS) is 1. The lowest BCUT2D eigenvalue weighted by Gasteiger charge is -2.41. The minimum absolute atomic E-state index is 0.0958. The number of piperazine rings is 1. The van der Waals surface area contributed by atoms with E-state index in [1.807, 2.05) is 36.4 Å². The van der Waals surface area contributed by atoms with Gasteiger partial charge < -0.3 is 14.9 Å². The van der Waals surface area contributed by atoms with E-state index < -0.39 is 6.09 Å². The van der Waals surface area contributed by atoms with Crippen molar-refractivity contribution in [3.05, 3.63) is 59.8 Å². The van der Waals surface area contributed by atoms with Crippen LogP contribution in [0.25, 0.3) is 0 Å². The topological polar surface area (TPSA) is 80.5 Å². The summed E-state index contributed by atoms with van der Waals surface area (Å²) < 4.78 is 0. The maximum Gasteiger partial charge on any atom is 0.407 e. The Labute approximate surface area is 134 Å². The monoisotopic (exact) mass is 308 g/mol. The Morgan fingerprint density at radius 3 is 2.61 bits per heavy atom. The highest BCUT2D eigenvalue weighted by Gasteiger charge is 2.31. The maximum atomic E-state index is 11.3. The van der Waals surface area contributed by atoms with E-state index in [1.165, 1.54) is 4.90 Å². The molecule has 2 heterocycles. The van der Waals surface area contributed by atoms with Crippen LogP contribution in [0.1, 0.15) is 17.2 Å². The SMILES string of the molecule is N#Cc1ccc(N2CCN(C(=O)O)CC2c2ccccc2)nc1. The number of carbonyl (C=O) groups is 1. The maximum absolute atomic E-state index is 11.3. The van der Waals surface area contributed by atoms with Gasteiger partial charge in [0.1, 0.15) is 11.9 Å². The van der Waals surface area contributed by atoms with Crippen molar-refractivity contribution in [1.82, 2.24) is 9.88 Å². The summed E-state index contributed by atoms with van der Waals surface area (Å²) in [5.74, 6) is 0.753. The van der Waals surface area contributed by atoms with Crippen molar-refractivity contribution in [3.63, 3.8) is 0 Å². The average Bonchev–Trinajstić information content (AvgIpc) is 2.62. The van der Waals surface area contributed by atoms with Crippen molar-refractivity contribution in [3.8, 4) is 6.07 Å². The van der Waals surface area contributed by atoms with Crippen molar-refractivity contribution in [2.75, 3.05) is 24.5 Å². The zero-order valence-electron chi connectivity index (χ0n) is 12.5. The first-order valence-electron chi connectivity index (χ1n) is 7.34. The third kappa shape index (κ3) is 3.09. The van der Waals surface area contributed by atoms with E-state index >= 15 is 0 Å². The number of anilines is 1. The number of nitriles is 1. The highest BCUT2D eigenvalue weighted by atomic mass is 16.4. The number of aromatic nitrogens is 1. The van der Waals surface area contributed by atoms with Crippen LogP contribution in [-0.4, -0.2) is 40.7 Å². The fourth-order valence-corrected chi connectivity index (χ4v) is 2.81. The van der Waals surface area contributed by atoms with Crippen molar-refractivity contribution in [2.24, 2.45) is 0 Å². The van der Waals surface area contributed by atoms with Gasteiger partial charge in [0, 0.05) is 25.8 Å². The normalized spacial score (nSPS) is 17.6. The minimum atomic E-state index is -0.904. The van der Waals surface area contributed by atoms with E-state index in [9.17, 15) is 9.90 Å². The second-order valence-electron chi connectivity index (χ2n) is 5.37. The van der Waals surface area contributed by atoms with Gasteiger partial charge in [-0.1, -0.05) is 30.3 Å². The van der Waals surface area contributed by atoms with Crippen LogP contribution in [0.3, 0.4) is 0 Å². The van der Waals surface area contributed by atoms with Gasteiger partial charge in [-0.25, -0.2) is 9.78 Å². The number of rotatable bonds is 2. The smallest absolute Gasteiger partial charge is 0.407 e. The van der Waals surface area contributed by atoms with Gasteiger partial charge in [0.05, 0.1) is 11.6 Å². The summed E-state index contributed by atoms with van der Waals surface area (Å²) >= 11 is 0. The van der Waals surface area contributed by atoms with Crippen molar-refractivity contribution in [1.29, 1.82) is 5.26 Å². The fraction of sp³-hybridized carbons (Fsp3) is 0.235. The van der Waals surface area contributed by atoms with E-state index in [0.717, 1.165) is 11.4 Å². The summed E-state index contributed by atoms with van der Waals surface area (Å²) in [5, 5.41) is 18.2. The van der Waals surface area contributed by atoms with Crippen molar-refractivity contribution >= 4 is 11.9 Å². The summed E-state index contributed by atoms with van der Waals surface area (Å²) in [6, 6.07) is 15.3. The van der Waals surface area contributed by atoms with Crippen molar-refractivity contribution < 1.29 is 9.90 Å². The average molecular weight is 308 g/mol. The molecule has 1 unspecified atom stereocenters. The molecule has 0 radical (unpaired) electrons. The number of benzene rings is 1. The van der Waals surface area contributed by atoms with Gasteiger partial charge in [-0.3, -0.25) is 0 Å². The predicted octanol–water partition coefficient (Wildman–Crippen LogP) is 2.49. The molecule has 0 spiro atoms. The largest absolute Gasteiger partial charge is 0.465 e. The van der Waals surface area contributed by atoms with Gasteiger partial charge in [-0.15, -0.1) is 0 Å². The third-order valence-corrected chi connectivity index (χ3v) is 4.01. The third-order valence-electron chi connectivity index (χ3n) is 4.01. The first kappa shape index (κ1) is 14.9. The van der Waals surface area contributed by atoms with Crippen LogP contribution in [0.2, 0.25) is 0 Å². The number of nitrogens with zero attached hydrogens (tertiary/aromatic N) is 4. The lowest BCUT2D eigenvalue weighted by Crippen LogP contribution is -2.50. The molecular formula is C17H16N4O2. The van der Waals surface area contributed by atoms with Gasteiger partial charge in [-0.2, -0.15) is 5.26 Å². The quantitative estimate of drug-likeness (QED) is 0.922. The van der Waals surface area contributed by atoms with Crippen LogP contribution in [0.5, 0.6) is 0 Å². The molecule has 1 N–H and O–H groups in total. The molecule has 116 valence electrons. The molecule has 0 bridgehead atoms. The Morgan fingerprint density at radius 2 is 2.00 bits per heavy atom. The molecule has 23 heavy (non-hydrogen) atoms. The van der Waals surface area contributed by atoms with Crippen LogP contribution >= 0.6 is 0 Å². The van der Waals surface area contributed by atoms with E-state index in [1.54, 1.807) is 12.3 Å². The molecule has 1 atom stereocenters. The molecular weight excluding hydrogens is 292 g/mol. The Kier molecular flexibility index (Phi) is 4.11. The summed E-state index contributed by atoms with van der Waals surface area (Å²) in [5.41, 5.74) is 1.55. The van der Waals surface area contributed by atoms with Crippen molar-refractivity contribution in [2.45, 2.75) is 6.04 Å². The first-order valence-corrected chi connectivity index (χ1v) is 7.34. The van der Waals surface area contributed by atoms with Crippen LogP contribution in [-0.2, 0) is 0 Å². The molecule has 1 aromatic carbocycles. The van der Waals surface area contributed by atoms with Gasteiger partial charge in [0.2, 0.25) is 0 Å². The second kappa shape index (κ2) is 6.36. The highest BCUT2D eigenvalue weighted by Crippen LogP contribution is 2.29. The van der Waals surface area contributed by atoms with Gasteiger partial charge in [-0.05, 0) is 17.7 Å². The summed E-state index contributed by atoms with van der Waals surface area (Å²) in [7, 11) is 0. The van der Waals surface area contributed by atoms with E-state index in [4.69, 9.17) is 5.26 Å². The Bertz CT molecular complexity index is 725. The minimum Gasteiger partial charge on any atom is -0.465 e.